The van der Waals surface area contributed by atoms with Gasteiger partial charge in [0.1, 0.15) is 0 Å². The minimum Gasteiger partial charge on any atom is -0.335 e. The van der Waals surface area contributed by atoms with Gasteiger partial charge in [0.15, 0.2) is 0 Å². The van der Waals surface area contributed by atoms with Gasteiger partial charge in [0, 0.05) is 19.3 Å². The summed E-state index contributed by atoms with van der Waals surface area (Å²) in [6, 6.07) is 0. The van der Waals surface area contributed by atoms with Crippen LogP contribution in [0.4, 0.5) is 0 Å². The van der Waals surface area contributed by atoms with Crippen LogP contribution in [0.2, 0.25) is 0 Å². The number of amides is 1. The summed E-state index contributed by atoms with van der Waals surface area (Å²) in [7, 11) is 0. The van der Waals surface area contributed by atoms with Crippen LogP contribution in [0.15, 0.2) is 25.0 Å². The fourth-order valence-electron chi connectivity index (χ4n) is 1.06. The molecule has 0 aliphatic carbocycles. The lowest BCUT2D eigenvalue weighted by atomic mass is 10.3. The molecule has 0 unspecified atom stereocenters. The van der Waals surface area contributed by atoms with Gasteiger partial charge < -0.3 is 4.90 Å². The molecule has 0 bridgehead atoms. The van der Waals surface area contributed by atoms with Crippen molar-refractivity contribution >= 4 is 5.91 Å². The van der Waals surface area contributed by atoms with Crippen LogP contribution in [-0.2, 0) is 0 Å². The van der Waals surface area contributed by atoms with E-state index < -0.39 is 0 Å². The van der Waals surface area contributed by atoms with Crippen LogP contribution >= 0.6 is 0 Å². The van der Waals surface area contributed by atoms with Gasteiger partial charge in [0.25, 0.3) is 5.91 Å². The van der Waals surface area contributed by atoms with E-state index in [0.29, 0.717) is 18.7 Å². The number of hydrogen-bond acceptors (Lipinski definition) is 2. The Morgan fingerprint density at radius 3 is 3.08 bits per heavy atom. The van der Waals surface area contributed by atoms with Crippen molar-refractivity contribution in [3.05, 3.63) is 30.6 Å². The zero-order valence-corrected chi connectivity index (χ0v) is 7.66. The predicted molar refractivity (Wildman–Crippen MR) is 50.4 cm³/mol. The number of likely N-dealkylation sites (N-methyl/N-ethyl adjacent to an activating group) is 1. The number of carbonyl (C=O) groups is 1. The van der Waals surface area contributed by atoms with Gasteiger partial charge in [-0.2, -0.15) is 5.10 Å². The Morgan fingerprint density at radius 2 is 2.62 bits per heavy atom. The summed E-state index contributed by atoms with van der Waals surface area (Å²) in [5.74, 6) is -0.0175. The van der Waals surface area contributed by atoms with Crippen molar-refractivity contribution in [2.45, 2.75) is 6.92 Å². The molecular weight excluding hydrogens is 166 g/mol. The van der Waals surface area contributed by atoms with Gasteiger partial charge in [-0.1, -0.05) is 6.08 Å². The molecule has 0 atom stereocenters. The average Bonchev–Trinajstić information content (AvgIpc) is 2.65. The summed E-state index contributed by atoms with van der Waals surface area (Å²) in [5, 5.41) is 6.33. The standard InChI is InChI=1S/C9H13N3O/c1-3-5-12(4-2)9(13)8-6-10-11-7-8/h3,6-7H,1,4-5H2,2H3,(H,10,11). The van der Waals surface area contributed by atoms with E-state index >= 15 is 0 Å². The molecule has 4 nitrogen and oxygen atoms in total. The molecule has 0 radical (unpaired) electrons. The molecule has 0 aromatic carbocycles. The average molecular weight is 179 g/mol. The number of rotatable bonds is 4. The van der Waals surface area contributed by atoms with Crippen LogP contribution < -0.4 is 0 Å². The molecule has 1 aromatic heterocycles. The Morgan fingerprint density at radius 1 is 1.85 bits per heavy atom. The van der Waals surface area contributed by atoms with Crippen molar-refractivity contribution in [3.8, 4) is 0 Å². The van der Waals surface area contributed by atoms with E-state index in [-0.39, 0.29) is 5.91 Å². The Balaban J connectivity index is 2.70. The molecule has 1 heterocycles. The Bertz CT molecular complexity index is 279. The van der Waals surface area contributed by atoms with Crippen LogP contribution in [0.3, 0.4) is 0 Å². The highest BCUT2D eigenvalue weighted by molar-refractivity contribution is 5.93. The van der Waals surface area contributed by atoms with Crippen LogP contribution in [-0.4, -0.2) is 34.1 Å². The number of aromatic amines is 1. The minimum absolute atomic E-state index is 0.0175. The number of nitrogens with one attached hydrogen (secondary N) is 1. The highest BCUT2D eigenvalue weighted by atomic mass is 16.2. The van der Waals surface area contributed by atoms with Gasteiger partial charge in [-0.25, -0.2) is 0 Å². The van der Waals surface area contributed by atoms with E-state index in [1.54, 1.807) is 17.2 Å². The zero-order valence-electron chi connectivity index (χ0n) is 7.66. The van der Waals surface area contributed by atoms with E-state index in [1.807, 2.05) is 6.92 Å². The van der Waals surface area contributed by atoms with E-state index in [1.165, 1.54) is 6.20 Å². The molecular formula is C9H13N3O. The predicted octanol–water partition coefficient (Wildman–Crippen LogP) is 1.06. The number of carbonyl (C=O) groups excluding carboxylic acids is 1. The second-order valence-corrected chi connectivity index (χ2v) is 2.62. The Labute approximate surface area is 77.3 Å². The van der Waals surface area contributed by atoms with Crippen molar-refractivity contribution in [1.29, 1.82) is 0 Å². The number of aromatic nitrogens is 2. The summed E-state index contributed by atoms with van der Waals surface area (Å²) >= 11 is 0. The summed E-state index contributed by atoms with van der Waals surface area (Å²) in [6.07, 6.45) is 4.82. The third-order valence-corrected chi connectivity index (χ3v) is 1.76. The Kier molecular flexibility index (Phi) is 3.25. The third-order valence-electron chi connectivity index (χ3n) is 1.76. The van der Waals surface area contributed by atoms with Gasteiger partial charge in [-0.15, -0.1) is 6.58 Å². The van der Waals surface area contributed by atoms with Crippen LogP contribution in [0.25, 0.3) is 0 Å². The maximum absolute atomic E-state index is 11.6. The molecule has 0 fully saturated rings. The molecule has 13 heavy (non-hydrogen) atoms. The lowest BCUT2D eigenvalue weighted by Crippen LogP contribution is -2.30. The van der Waals surface area contributed by atoms with Crippen molar-refractivity contribution in [2.75, 3.05) is 13.1 Å². The molecule has 1 rings (SSSR count). The van der Waals surface area contributed by atoms with Crippen molar-refractivity contribution in [1.82, 2.24) is 15.1 Å². The fourth-order valence-corrected chi connectivity index (χ4v) is 1.06. The smallest absolute Gasteiger partial charge is 0.257 e. The van der Waals surface area contributed by atoms with Gasteiger partial charge in [0.2, 0.25) is 0 Å². The molecule has 1 amide bonds. The highest BCUT2D eigenvalue weighted by Crippen LogP contribution is 2.01. The molecule has 0 saturated carbocycles. The molecule has 0 saturated heterocycles. The summed E-state index contributed by atoms with van der Waals surface area (Å²) in [5.41, 5.74) is 0.587. The largest absolute Gasteiger partial charge is 0.335 e. The minimum atomic E-state index is -0.0175. The lowest BCUT2D eigenvalue weighted by molar-refractivity contribution is 0.0782. The molecule has 0 aliphatic heterocycles. The van der Waals surface area contributed by atoms with Gasteiger partial charge >= 0.3 is 0 Å². The maximum Gasteiger partial charge on any atom is 0.257 e. The zero-order chi connectivity index (χ0) is 9.68. The van der Waals surface area contributed by atoms with Crippen LogP contribution in [0.5, 0.6) is 0 Å². The lowest BCUT2D eigenvalue weighted by Gasteiger charge is -2.17. The van der Waals surface area contributed by atoms with Gasteiger partial charge in [-0.05, 0) is 6.92 Å². The molecule has 70 valence electrons. The van der Waals surface area contributed by atoms with E-state index in [2.05, 4.69) is 16.8 Å². The monoisotopic (exact) mass is 179 g/mol. The first-order valence-corrected chi connectivity index (χ1v) is 4.18. The molecule has 4 heteroatoms. The van der Waals surface area contributed by atoms with Crippen LogP contribution in [0, 0.1) is 0 Å². The molecule has 1 N–H and O–H groups in total. The van der Waals surface area contributed by atoms with Gasteiger partial charge in [-0.3, -0.25) is 9.89 Å². The number of nitrogens with zero attached hydrogens (tertiary/aromatic N) is 2. The van der Waals surface area contributed by atoms with Gasteiger partial charge in [0.05, 0.1) is 11.8 Å². The highest BCUT2D eigenvalue weighted by Gasteiger charge is 2.12. The maximum atomic E-state index is 11.6. The first kappa shape index (κ1) is 9.51. The van der Waals surface area contributed by atoms with Crippen molar-refractivity contribution in [2.24, 2.45) is 0 Å². The quantitative estimate of drug-likeness (QED) is 0.702. The first-order valence-electron chi connectivity index (χ1n) is 4.18. The molecule has 1 aromatic rings. The summed E-state index contributed by atoms with van der Waals surface area (Å²) in [4.78, 5) is 13.3. The van der Waals surface area contributed by atoms with Crippen molar-refractivity contribution < 1.29 is 4.79 Å². The fraction of sp³-hybridized carbons (Fsp3) is 0.333. The van der Waals surface area contributed by atoms with Crippen molar-refractivity contribution in [3.63, 3.8) is 0 Å². The second kappa shape index (κ2) is 4.45. The topological polar surface area (TPSA) is 49.0 Å². The molecule has 0 spiro atoms. The van der Waals surface area contributed by atoms with E-state index in [4.69, 9.17) is 0 Å². The van der Waals surface area contributed by atoms with E-state index in [9.17, 15) is 4.79 Å². The normalized spacial score (nSPS) is 9.62. The summed E-state index contributed by atoms with van der Waals surface area (Å²) in [6.45, 7) is 6.77. The SMILES string of the molecule is C=CCN(CC)C(=O)c1cn[nH]c1. The number of hydrogen-bond donors (Lipinski definition) is 1. The van der Waals surface area contributed by atoms with E-state index in [0.717, 1.165) is 0 Å². The first-order chi connectivity index (χ1) is 6.29. The van der Waals surface area contributed by atoms with Crippen LogP contribution in [0.1, 0.15) is 17.3 Å². The Hall–Kier alpha value is -1.58. The molecule has 0 aliphatic rings. The number of H-pyrrole nitrogens is 1. The second-order valence-electron chi connectivity index (χ2n) is 2.62. The third kappa shape index (κ3) is 2.18. The summed E-state index contributed by atoms with van der Waals surface area (Å²) < 4.78 is 0.